The Labute approximate surface area is 149 Å². The number of aromatic carboxylic acids is 1. The van der Waals surface area contributed by atoms with Gasteiger partial charge in [0.1, 0.15) is 12.4 Å². The Morgan fingerprint density at radius 3 is 2.63 bits per heavy atom. The Kier molecular flexibility index (Phi) is 4.80. The molecule has 0 spiro atoms. The lowest BCUT2D eigenvalue weighted by molar-refractivity contribution is -0.140. The van der Waals surface area contributed by atoms with E-state index in [1.54, 1.807) is 0 Å². The molecular formula is C17H11F4N3O3. The summed E-state index contributed by atoms with van der Waals surface area (Å²) in [5.41, 5.74) is -1.30. The van der Waals surface area contributed by atoms with Gasteiger partial charge in [0.2, 0.25) is 5.88 Å². The topological polar surface area (TPSA) is 77.2 Å². The fourth-order valence-electron chi connectivity index (χ4n) is 2.28. The highest BCUT2D eigenvalue weighted by atomic mass is 19.4. The van der Waals surface area contributed by atoms with Gasteiger partial charge in [-0.25, -0.2) is 14.2 Å². The second-order valence-corrected chi connectivity index (χ2v) is 5.39. The van der Waals surface area contributed by atoms with Crippen LogP contribution >= 0.6 is 0 Å². The SMILES string of the molecule is O=C(O)c1ccnc(-n2nccc2OCc2ccc(F)c(C(F)(F)F)c2)c1. The molecule has 1 N–H and O–H groups in total. The maximum Gasteiger partial charge on any atom is 0.419 e. The Hall–Kier alpha value is -3.43. The molecule has 0 saturated carbocycles. The molecule has 2 heterocycles. The molecule has 2 aromatic heterocycles. The van der Waals surface area contributed by atoms with E-state index in [0.717, 1.165) is 6.07 Å². The molecule has 27 heavy (non-hydrogen) atoms. The summed E-state index contributed by atoms with van der Waals surface area (Å²) in [6.07, 6.45) is -2.18. The van der Waals surface area contributed by atoms with Crippen LogP contribution in [0, 0.1) is 5.82 Å². The second kappa shape index (κ2) is 7.06. The van der Waals surface area contributed by atoms with Crippen LogP contribution in [0.1, 0.15) is 21.5 Å². The predicted octanol–water partition coefficient (Wildman–Crippen LogP) is 3.70. The third-order valence-corrected chi connectivity index (χ3v) is 3.54. The molecular weight excluding hydrogens is 370 g/mol. The lowest BCUT2D eigenvalue weighted by Crippen LogP contribution is -2.10. The van der Waals surface area contributed by atoms with Gasteiger partial charge in [0, 0.05) is 12.3 Å². The van der Waals surface area contributed by atoms with Crippen LogP contribution in [-0.4, -0.2) is 25.8 Å². The average Bonchev–Trinajstić information content (AvgIpc) is 3.08. The normalized spacial score (nSPS) is 11.4. The highest BCUT2D eigenvalue weighted by Gasteiger charge is 2.34. The maximum atomic E-state index is 13.3. The van der Waals surface area contributed by atoms with Crippen molar-refractivity contribution in [2.75, 3.05) is 0 Å². The van der Waals surface area contributed by atoms with Crippen molar-refractivity contribution in [2.45, 2.75) is 12.8 Å². The summed E-state index contributed by atoms with van der Waals surface area (Å²) in [4.78, 5) is 15.0. The molecule has 0 atom stereocenters. The van der Waals surface area contributed by atoms with Crippen molar-refractivity contribution in [1.82, 2.24) is 14.8 Å². The summed E-state index contributed by atoms with van der Waals surface area (Å²) in [5, 5.41) is 13.0. The number of carboxylic acid groups (broad SMARTS) is 1. The number of ether oxygens (including phenoxy) is 1. The van der Waals surface area contributed by atoms with Gasteiger partial charge in [-0.1, -0.05) is 6.07 Å². The van der Waals surface area contributed by atoms with Crippen molar-refractivity contribution in [2.24, 2.45) is 0 Å². The van der Waals surface area contributed by atoms with E-state index >= 15 is 0 Å². The van der Waals surface area contributed by atoms with Gasteiger partial charge in [-0.3, -0.25) is 0 Å². The minimum absolute atomic E-state index is 0.0187. The van der Waals surface area contributed by atoms with Crippen molar-refractivity contribution in [1.29, 1.82) is 0 Å². The van der Waals surface area contributed by atoms with E-state index in [0.29, 0.717) is 6.07 Å². The number of carboxylic acids is 1. The molecule has 3 aromatic rings. The molecule has 0 aliphatic carbocycles. The lowest BCUT2D eigenvalue weighted by atomic mass is 10.1. The first-order chi connectivity index (χ1) is 12.8. The van der Waals surface area contributed by atoms with Gasteiger partial charge in [-0.05, 0) is 29.8 Å². The summed E-state index contributed by atoms with van der Waals surface area (Å²) < 4.78 is 58.3. The third kappa shape index (κ3) is 4.05. The number of aromatic nitrogens is 3. The summed E-state index contributed by atoms with van der Waals surface area (Å²) in [6.45, 7) is -0.284. The van der Waals surface area contributed by atoms with Crippen molar-refractivity contribution < 1.29 is 32.2 Å². The summed E-state index contributed by atoms with van der Waals surface area (Å²) in [5.74, 6) is -2.24. The number of hydrogen-bond donors (Lipinski definition) is 1. The standard InChI is InChI=1S/C17H11F4N3O3/c18-13-2-1-10(7-12(13)17(19,20)21)9-27-15-4-6-23-24(15)14-8-11(16(25)26)3-5-22-14/h1-8H,9H2,(H,25,26). The van der Waals surface area contributed by atoms with Crippen molar-refractivity contribution in [3.8, 4) is 11.7 Å². The molecule has 140 valence electrons. The smallest absolute Gasteiger partial charge is 0.419 e. The zero-order valence-corrected chi connectivity index (χ0v) is 13.4. The summed E-state index contributed by atoms with van der Waals surface area (Å²) >= 11 is 0. The van der Waals surface area contributed by atoms with Gasteiger partial charge < -0.3 is 9.84 Å². The number of alkyl halides is 3. The van der Waals surface area contributed by atoms with E-state index in [2.05, 4.69) is 10.1 Å². The lowest BCUT2D eigenvalue weighted by Gasteiger charge is -2.12. The molecule has 0 aliphatic heterocycles. The number of rotatable bonds is 5. The highest BCUT2D eigenvalue weighted by Crippen LogP contribution is 2.32. The molecule has 1 aromatic carbocycles. The van der Waals surface area contributed by atoms with Crippen LogP contribution in [0.25, 0.3) is 5.82 Å². The summed E-state index contributed by atoms with van der Waals surface area (Å²) in [7, 11) is 0. The Morgan fingerprint density at radius 2 is 1.93 bits per heavy atom. The van der Waals surface area contributed by atoms with Crippen LogP contribution in [0.2, 0.25) is 0 Å². The van der Waals surface area contributed by atoms with Crippen LogP contribution in [0.4, 0.5) is 17.6 Å². The van der Waals surface area contributed by atoms with E-state index in [-0.39, 0.29) is 29.4 Å². The largest absolute Gasteiger partial charge is 0.478 e. The molecule has 0 fully saturated rings. The number of pyridine rings is 1. The molecule has 0 aliphatic rings. The number of carbonyl (C=O) groups is 1. The molecule has 0 unspecified atom stereocenters. The van der Waals surface area contributed by atoms with E-state index in [4.69, 9.17) is 9.84 Å². The van der Waals surface area contributed by atoms with Gasteiger partial charge in [0.25, 0.3) is 0 Å². The molecule has 0 amide bonds. The van der Waals surface area contributed by atoms with E-state index < -0.39 is 23.5 Å². The van der Waals surface area contributed by atoms with Gasteiger partial charge >= 0.3 is 12.1 Å². The molecule has 6 nitrogen and oxygen atoms in total. The number of halogens is 4. The van der Waals surface area contributed by atoms with Crippen LogP contribution in [0.15, 0.2) is 48.8 Å². The first-order valence-corrected chi connectivity index (χ1v) is 7.48. The van der Waals surface area contributed by atoms with Crippen LogP contribution < -0.4 is 4.74 Å². The van der Waals surface area contributed by atoms with Crippen LogP contribution in [-0.2, 0) is 12.8 Å². The van der Waals surface area contributed by atoms with Gasteiger partial charge in [-0.15, -0.1) is 0 Å². The molecule has 10 heteroatoms. The fourth-order valence-corrected chi connectivity index (χ4v) is 2.28. The van der Waals surface area contributed by atoms with Gasteiger partial charge in [0.05, 0.1) is 17.3 Å². The van der Waals surface area contributed by atoms with E-state index in [1.807, 2.05) is 0 Å². The predicted molar refractivity (Wildman–Crippen MR) is 84.1 cm³/mol. The Bertz CT molecular complexity index is 986. The van der Waals surface area contributed by atoms with Gasteiger partial charge in [-0.2, -0.15) is 23.0 Å². The van der Waals surface area contributed by atoms with Gasteiger partial charge in [0.15, 0.2) is 5.82 Å². The number of hydrogen-bond acceptors (Lipinski definition) is 4. The fraction of sp³-hybridized carbons (Fsp3) is 0.118. The van der Waals surface area contributed by atoms with Crippen molar-refractivity contribution in [3.63, 3.8) is 0 Å². The monoisotopic (exact) mass is 381 g/mol. The Morgan fingerprint density at radius 1 is 1.15 bits per heavy atom. The molecule has 0 bridgehead atoms. The van der Waals surface area contributed by atoms with Crippen LogP contribution in [0.5, 0.6) is 5.88 Å². The maximum absolute atomic E-state index is 13.3. The minimum atomic E-state index is -4.82. The number of benzene rings is 1. The minimum Gasteiger partial charge on any atom is -0.478 e. The molecule has 0 saturated heterocycles. The highest BCUT2D eigenvalue weighted by molar-refractivity contribution is 5.87. The first-order valence-electron chi connectivity index (χ1n) is 7.48. The van der Waals surface area contributed by atoms with Crippen molar-refractivity contribution >= 4 is 5.97 Å². The zero-order chi connectivity index (χ0) is 19.6. The Balaban J connectivity index is 1.82. The van der Waals surface area contributed by atoms with E-state index in [9.17, 15) is 22.4 Å². The average molecular weight is 381 g/mol. The molecule has 3 rings (SSSR count). The van der Waals surface area contributed by atoms with Crippen LogP contribution in [0.3, 0.4) is 0 Å². The van der Waals surface area contributed by atoms with E-state index in [1.165, 1.54) is 41.3 Å². The quantitative estimate of drug-likeness (QED) is 0.682. The van der Waals surface area contributed by atoms with Crippen molar-refractivity contribution in [3.05, 3.63) is 71.3 Å². The first kappa shape index (κ1) is 18.4. The second-order valence-electron chi connectivity index (χ2n) is 5.39. The zero-order valence-electron chi connectivity index (χ0n) is 13.4. The molecule has 0 radical (unpaired) electrons. The third-order valence-electron chi connectivity index (χ3n) is 3.54. The number of nitrogens with zero attached hydrogens (tertiary/aromatic N) is 3. The summed E-state index contributed by atoms with van der Waals surface area (Å²) in [6, 6.07) is 6.56.